The zero-order chi connectivity index (χ0) is 17.0. The Morgan fingerprint density at radius 2 is 1.79 bits per heavy atom. The fraction of sp³-hybridized carbons (Fsp3) is 0.316. The Labute approximate surface area is 142 Å². The van der Waals surface area contributed by atoms with Gasteiger partial charge in [-0.05, 0) is 23.3 Å². The van der Waals surface area contributed by atoms with Crippen LogP contribution in [0.3, 0.4) is 0 Å². The summed E-state index contributed by atoms with van der Waals surface area (Å²) in [6.45, 7) is 2.43. The lowest BCUT2D eigenvalue weighted by atomic mass is 10.1. The van der Waals surface area contributed by atoms with E-state index in [9.17, 15) is 4.79 Å². The van der Waals surface area contributed by atoms with Gasteiger partial charge in [-0.2, -0.15) is 0 Å². The van der Waals surface area contributed by atoms with Gasteiger partial charge in [-0.15, -0.1) is 0 Å². The van der Waals surface area contributed by atoms with E-state index in [0.717, 1.165) is 16.9 Å². The first-order valence-corrected chi connectivity index (χ1v) is 8.10. The first-order valence-electron chi connectivity index (χ1n) is 8.10. The quantitative estimate of drug-likeness (QED) is 0.517. The number of para-hydroxylation sites is 1. The Hall–Kier alpha value is -2.37. The van der Waals surface area contributed by atoms with Crippen molar-refractivity contribution in [1.29, 1.82) is 0 Å². The van der Waals surface area contributed by atoms with Gasteiger partial charge in [0.05, 0.1) is 6.42 Å². The van der Waals surface area contributed by atoms with E-state index < -0.39 is 0 Å². The van der Waals surface area contributed by atoms with Gasteiger partial charge >= 0.3 is 5.97 Å². The van der Waals surface area contributed by atoms with Crippen LogP contribution in [0.15, 0.2) is 54.6 Å². The van der Waals surface area contributed by atoms with Crippen molar-refractivity contribution in [3.8, 4) is 5.75 Å². The van der Waals surface area contributed by atoms with Gasteiger partial charge in [-0.25, -0.2) is 0 Å². The predicted octanol–water partition coefficient (Wildman–Crippen LogP) is 2.25. The van der Waals surface area contributed by atoms with E-state index in [1.807, 2.05) is 48.5 Å². The topological polar surface area (TPSA) is 73.6 Å². The second-order valence-corrected chi connectivity index (χ2v) is 5.33. The van der Waals surface area contributed by atoms with Crippen LogP contribution in [-0.4, -0.2) is 25.7 Å². The minimum absolute atomic E-state index is 0.227. The fourth-order valence-electron chi connectivity index (χ4n) is 2.19. The number of carbonyl (C=O) groups excluding carboxylic acids is 1. The third kappa shape index (κ3) is 6.81. The molecule has 0 fully saturated rings. The molecule has 0 saturated heterocycles. The Kier molecular flexibility index (Phi) is 7.80. The summed E-state index contributed by atoms with van der Waals surface area (Å²) in [4.78, 5) is 11.6. The summed E-state index contributed by atoms with van der Waals surface area (Å²) in [7, 11) is 0. The van der Waals surface area contributed by atoms with E-state index in [1.165, 1.54) is 0 Å². The standard InChI is InChI=1S/C19H24N2O3/c20-14-16-5-4-6-17(13-16)15-21-10-9-19(22)24-12-11-23-18-7-2-1-3-8-18/h1-8,13,21H,9-12,14-15,20H2. The van der Waals surface area contributed by atoms with Gasteiger partial charge in [-0.3, -0.25) is 4.79 Å². The predicted molar refractivity (Wildman–Crippen MR) is 93.6 cm³/mol. The van der Waals surface area contributed by atoms with E-state index in [1.54, 1.807) is 0 Å². The minimum Gasteiger partial charge on any atom is -0.490 e. The number of hydrogen-bond donors (Lipinski definition) is 2. The molecule has 0 atom stereocenters. The van der Waals surface area contributed by atoms with Gasteiger partial charge in [0.2, 0.25) is 0 Å². The number of nitrogens with one attached hydrogen (secondary N) is 1. The molecule has 0 unspecified atom stereocenters. The molecule has 0 aliphatic heterocycles. The lowest BCUT2D eigenvalue weighted by Crippen LogP contribution is -2.20. The number of ether oxygens (including phenoxy) is 2. The molecular formula is C19H24N2O3. The van der Waals surface area contributed by atoms with Crippen molar-refractivity contribution < 1.29 is 14.3 Å². The van der Waals surface area contributed by atoms with Crippen molar-refractivity contribution >= 4 is 5.97 Å². The Morgan fingerprint density at radius 1 is 1.00 bits per heavy atom. The van der Waals surface area contributed by atoms with Crippen LogP contribution < -0.4 is 15.8 Å². The summed E-state index contributed by atoms with van der Waals surface area (Å²) in [5, 5.41) is 3.23. The minimum atomic E-state index is -0.227. The number of hydrogen-bond acceptors (Lipinski definition) is 5. The van der Waals surface area contributed by atoms with Crippen LogP contribution in [0.1, 0.15) is 17.5 Å². The molecule has 0 aromatic heterocycles. The monoisotopic (exact) mass is 328 g/mol. The van der Waals surface area contributed by atoms with Gasteiger partial charge in [0.25, 0.3) is 0 Å². The van der Waals surface area contributed by atoms with Crippen molar-refractivity contribution in [2.75, 3.05) is 19.8 Å². The average Bonchev–Trinajstić information content (AvgIpc) is 2.63. The molecule has 0 bridgehead atoms. The SMILES string of the molecule is NCc1cccc(CNCCC(=O)OCCOc2ccccc2)c1. The third-order valence-corrected chi connectivity index (χ3v) is 3.42. The second-order valence-electron chi connectivity index (χ2n) is 5.33. The Balaban J connectivity index is 1.53. The van der Waals surface area contributed by atoms with Crippen LogP contribution in [0.2, 0.25) is 0 Å². The van der Waals surface area contributed by atoms with Crippen LogP contribution in [0.4, 0.5) is 0 Å². The lowest BCUT2D eigenvalue weighted by Gasteiger charge is -2.08. The number of esters is 1. The van der Waals surface area contributed by atoms with Crippen molar-refractivity contribution in [3.05, 3.63) is 65.7 Å². The first-order chi connectivity index (χ1) is 11.8. The van der Waals surface area contributed by atoms with Gasteiger partial charge in [-0.1, -0.05) is 42.5 Å². The number of benzene rings is 2. The zero-order valence-corrected chi connectivity index (χ0v) is 13.7. The molecular weight excluding hydrogens is 304 g/mol. The van der Waals surface area contributed by atoms with Gasteiger partial charge in [0.1, 0.15) is 19.0 Å². The second kappa shape index (κ2) is 10.4. The van der Waals surface area contributed by atoms with E-state index in [0.29, 0.717) is 32.7 Å². The molecule has 128 valence electrons. The van der Waals surface area contributed by atoms with Crippen LogP contribution in [0.5, 0.6) is 5.75 Å². The maximum Gasteiger partial charge on any atom is 0.307 e. The normalized spacial score (nSPS) is 10.4. The summed E-state index contributed by atoms with van der Waals surface area (Å²) in [5.41, 5.74) is 7.88. The Bertz CT molecular complexity index is 617. The highest BCUT2D eigenvalue weighted by molar-refractivity contribution is 5.69. The van der Waals surface area contributed by atoms with Crippen molar-refractivity contribution in [3.63, 3.8) is 0 Å². The molecule has 0 saturated carbocycles. The molecule has 5 nitrogen and oxygen atoms in total. The van der Waals surface area contributed by atoms with Crippen LogP contribution in [0.25, 0.3) is 0 Å². The van der Waals surface area contributed by atoms with Crippen molar-refractivity contribution in [2.45, 2.75) is 19.5 Å². The van der Waals surface area contributed by atoms with Crippen LogP contribution >= 0.6 is 0 Å². The summed E-state index contributed by atoms with van der Waals surface area (Å²) in [6, 6.07) is 17.5. The molecule has 2 aromatic rings. The molecule has 2 aromatic carbocycles. The molecule has 0 spiro atoms. The highest BCUT2D eigenvalue weighted by Crippen LogP contribution is 2.07. The molecule has 0 heterocycles. The molecule has 5 heteroatoms. The highest BCUT2D eigenvalue weighted by atomic mass is 16.6. The van der Waals surface area contributed by atoms with E-state index >= 15 is 0 Å². The summed E-state index contributed by atoms with van der Waals surface area (Å²) >= 11 is 0. The fourth-order valence-corrected chi connectivity index (χ4v) is 2.19. The van der Waals surface area contributed by atoms with E-state index in [4.69, 9.17) is 15.2 Å². The maximum atomic E-state index is 11.6. The molecule has 2 rings (SSSR count). The average molecular weight is 328 g/mol. The van der Waals surface area contributed by atoms with Crippen LogP contribution in [0, 0.1) is 0 Å². The van der Waals surface area contributed by atoms with Crippen LogP contribution in [-0.2, 0) is 22.6 Å². The number of rotatable bonds is 10. The molecule has 3 N–H and O–H groups in total. The third-order valence-electron chi connectivity index (χ3n) is 3.42. The first kappa shape index (κ1) is 18.0. The molecule has 24 heavy (non-hydrogen) atoms. The maximum absolute atomic E-state index is 11.6. The highest BCUT2D eigenvalue weighted by Gasteiger charge is 2.03. The number of nitrogens with two attached hydrogens (primary N) is 1. The van der Waals surface area contributed by atoms with Crippen molar-refractivity contribution in [1.82, 2.24) is 5.32 Å². The van der Waals surface area contributed by atoms with E-state index in [-0.39, 0.29) is 12.6 Å². The van der Waals surface area contributed by atoms with E-state index in [2.05, 4.69) is 11.4 Å². The summed E-state index contributed by atoms with van der Waals surface area (Å²) in [6.07, 6.45) is 0.335. The summed E-state index contributed by atoms with van der Waals surface area (Å²) < 4.78 is 10.6. The van der Waals surface area contributed by atoms with Gasteiger partial charge in [0.15, 0.2) is 0 Å². The zero-order valence-electron chi connectivity index (χ0n) is 13.7. The smallest absolute Gasteiger partial charge is 0.307 e. The molecule has 0 aliphatic rings. The van der Waals surface area contributed by atoms with Gasteiger partial charge < -0.3 is 20.5 Å². The molecule has 0 radical (unpaired) electrons. The lowest BCUT2D eigenvalue weighted by molar-refractivity contribution is -0.144. The largest absolute Gasteiger partial charge is 0.490 e. The number of carbonyl (C=O) groups is 1. The molecule has 0 aliphatic carbocycles. The Morgan fingerprint density at radius 3 is 2.58 bits per heavy atom. The summed E-state index contributed by atoms with van der Waals surface area (Å²) in [5.74, 6) is 0.546. The van der Waals surface area contributed by atoms with Gasteiger partial charge in [0, 0.05) is 19.6 Å². The molecule has 0 amide bonds. The van der Waals surface area contributed by atoms with Crippen molar-refractivity contribution in [2.24, 2.45) is 5.73 Å².